The minimum atomic E-state index is 0. The van der Waals surface area contributed by atoms with Crippen LogP contribution in [0.15, 0.2) is 41.7 Å². The van der Waals surface area contributed by atoms with Gasteiger partial charge in [-0.25, -0.2) is 0 Å². The molecule has 0 unspecified atom stereocenters. The molecule has 0 saturated heterocycles. The average Bonchev–Trinajstić information content (AvgIpc) is 1.90. The Morgan fingerprint density at radius 2 is 2.09 bits per heavy atom. The van der Waals surface area contributed by atoms with Gasteiger partial charge in [0.15, 0.2) is 0 Å². The van der Waals surface area contributed by atoms with Crippen molar-refractivity contribution in [3.05, 3.63) is 48.1 Å². The van der Waals surface area contributed by atoms with E-state index in [4.69, 9.17) is 0 Å². The van der Waals surface area contributed by atoms with Gasteiger partial charge in [0.1, 0.15) is 0 Å². The molecule has 55 valence electrons. The number of rotatable bonds is 1. The molecule has 0 N–H and O–H groups in total. The molecule has 0 aromatic heterocycles. The number of halogens is 1. The van der Waals surface area contributed by atoms with Crippen LogP contribution in [0.2, 0.25) is 0 Å². The molecule has 1 aliphatic carbocycles. The van der Waals surface area contributed by atoms with Gasteiger partial charge in [-0.2, -0.15) is 0 Å². The molecule has 0 nitrogen and oxygen atoms in total. The van der Waals surface area contributed by atoms with Gasteiger partial charge in [-0.05, 0) is 24.6 Å². The molecule has 2 heteroatoms. The maximum absolute atomic E-state index is 3.81. The van der Waals surface area contributed by atoms with Crippen LogP contribution in [0, 0.1) is 6.42 Å². The summed E-state index contributed by atoms with van der Waals surface area (Å²) < 4.78 is 0. The zero-order valence-corrected chi connectivity index (χ0v) is 11.7. The van der Waals surface area contributed by atoms with E-state index in [-0.39, 0.29) is 43.5 Å². The molecule has 1 radical (unpaired) electrons. The van der Waals surface area contributed by atoms with E-state index >= 15 is 0 Å². The minimum Gasteiger partial charge on any atom is -1.00 e. The van der Waals surface area contributed by atoms with Crippen molar-refractivity contribution in [3.63, 3.8) is 0 Å². The molecule has 1 rings (SSSR count). The Bertz CT molecular complexity index is 220. The summed E-state index contributed by atoms with van der Waals surface area (Å²) in [4.78, 5) is 0. The predicted molar refractivity (Wildman–Crippen MR) is 39.9 cm³/mol. The molecule has 0 heterocycles. The van der Waals surface area contributed by atoms with E-state index in [9.17, 15) is 0 Å². The molecular formula is C9H9IZn-. The summed E-state index contributed by atoms with van der Waals surface area (Å²) in [5, 5.41) is 0. The van der Waals surface area contributed by atoms with Crippen molar-refractivity contribution in [2.24, 2.45) is 0 Å². The number of allylic oxidation sites excluding steroid dienone is 4. The van der Waals surface area contributed by atoms with Crippen molar-refractivity contribution in [1.82, 2.24) is 0 Å². The van der Waals surface area contributed by atoms with Gasteiger partial charge in [-0.3, -0.25) is 0 Å². The van der Waals surface area contributed by atoms with E-state index in [1.54, 1.807) is 0 Å². The van der Waals surface area contributed by atoms with Gasteiger partial charge in [0.05, 0.1) is 0 Å². The SMILES string of the molecule is C=C(C)C1=CC=C=C[CH]1.[I-].[Zn]. The van der Waals surface area contributed by atoms with Crippen molar-refractivity contribution < 1.29 is 43.5 Å². The third-order valence-corrected chi connectivity index (χ3v) is 1.21. The summed E-state index contributed by atoms with van der Waals surface area (Å²) >= 11 is 0. The van der Waals surface area contributed by atoms with Gasteiger partial charge in [0, 0.05) is 25.9 Å². The van der Waals surface area contributed by atoms with Crippen LogP contribution in [0.3, 0.4) is 0 Å². The van der Waals surface area contributed by atoms with Crippen LogP contribution in [0.5, 0.6) is 0 Å². The quantitative estimate of drug-likeness (QED) is 0.345. The van der Waals surface area contributed by atoms with E-state index in [0.29, 0.717) is 0 Å². The Morgan fingerprint density at radius 3 is 2.36 bits per heavy atom. The first-order valence-corrected chi connectivity index (χ1v) is 2.92. The van der Waals surface area contributed by atoms with Crippen LogP contribution in [0.1, 0.15) is 6.92 Å². The summed E-state index contributed by atoms with van der Waals surface area (Å²) in [6.07, 6.45) is 7.79. The van der Waals surface area contributed by atoms with E-state index in [1.807, 2.05) is 31.6 Å². The zero-order valence-electron chi connectivity index (χ0n) is 6.60. The second-order valence-corrected chi connectivity index (χ2v) is 2.07. The zero-order chi connectivity index (χ0) is 6.69. The molecule has 0 spiro atoms. The van der Waals surface area contributed by atoms with Gasteiger partial charge in [-0.15, -0.1) is 5.73 Å². The van der Waals surface area contributed by atoms with Gasteiger partial charge in [-0.1, -0.05) is 18.2 Å². The molecule has 0 saturated carbocycles. The van der Waals surface area contributed by atoms with Gasteiger partial charge < -0.3 is 24.0 Å². The fraction of sp³-hybridized carbons (Fsp3) is 0.111. The number of hydrogen-bond acceptors (Lipinski definition) is 0. The summed E-state index contributed by atoms with van der Waals surface area (Å²) in [7, 11) is 0. The molecule has 0 fully saturated rings. The van der Waals surface area contributed by atoms with Crippen LogP contribution in [-0.2, 0) is 19.5 Å². The molecule has 0 aromatic carbocycles. The second kappa shape index (κ2) is 7.03. The topological polar surface area (TPSA) is 0 Å². The molecule has 11 heavy (non-hydrogen) atoms. The summed E-state index contributed by atoms with van der Waals surface area (Å²) in [6.45, 7) is 5.81. The third kappa shape index (κ3) is 4.73. The fourth-order valence-corrected chi connectivity index (χ4v) is 0.671. The van der Waals surface area contributed by atoms with Gasteiger partial charge >= 0.3 is 0 Å². The van der Waals surface area contributed by atoms with Crippen LogP contribution >= 0.6 is 0 Å². The van der Waals surface area contributed by atoms with Crippen LogP contribution < -0.4 is 24.0 Å². The fourth-order valence-electron chi connectivity index (χ4n) is 0.671. The van der Waals surface area contributed by atoms with Crippen molar-refractivity contribution in [1.29, 1.82) is 0 Å². The summed E-state index contributed by atoms with van der Waals surface area (Å²) in [6, 6.07) is 0. The van der Waals surface area contributed by atoms with E-state index in [2.05, 4.69) is 12.3 Å². The monoisotopic (exact) mass is 308 g/mol. The first kappa shape index (κ1) is 13.9. The molecule has 0 aliphatic heterocycles. The first-order chi connectivity index (χ1) is 4.30. The van der Waals surface area contributed by atoms with Crippen molar-refractivity contribution >= 4 is 0 Å². The van der Waals surface area contributed by atoms with Gasteiger partial charge in [0.25, 0.3) is 0 Å². The minimum absolute atomic E-state index is 0. The van der Waals surface area contributed by atoms with Crippen molar-refractivity contribution in [2.45, 2.75) is 6.92 Å². The summed E-state index contributed by atoms with van der Waals surface area (Å²) in [5.41, 5.74) is 5.24. The van der Waals surface area contributed by atoms with Gasteiger partial charge in [0.2, 0.25) is 0 Å². The predicted octanol–water partition coefficient (Wildman–Crippen LogP) is -0.580. The molecule has 0 amide bonds. The molecule has 0 aromatic rings. The van der Waals surface area contributed by atoms with Crippen LogP contribution in [0.4, 0.5) is 0 Å². The standard InChI is InChI=1S/C9H9.HI.Zn/c1-8(2)9-6-4-3-5-7-9;;/h4-7H,1H2,2H3;1H;/p-1. The Hall–Kier alpha value is 0.353. The van der Waals surface area contributed by atoms with Crippen molar-refractivity contribution in [3.8, 4) is 0 Å². The maximum atomic E-state index is 3.81. The number of hydrogen-bond donors (Lipinski definition) is 0. The Balaban J connectivity index is 0. The smallest absolute Gasteiger partial charge is 0.0206 e. The Morgan fingerprint density at radius 1 is 1.45 bits per heavy atom. The van der Waals surface area contributed by atoms with Crippen molar-refractivity contribution in [2.75, 3.05) is 0 Å². The molecule has 1 aliphatic rings. The van der Waals surface area contributed by atoms with E-state index < -0.39 is 0 Å². The molecule has 0 bridgehead atoms. The normalized spacial score (nSPS) is 12.6. The molecule has 0 atom stereocenters. The Labute approximate surface area is 97.9 Å². The second-order valence-electron chi connectivity index (χ2n) is 2.07. The first-order valence-electron chi connectivity index (χ1n) is 2.92. The van der Waals surface area contributed by atoms with E-state index in [1.165, 1.54) is 5.57 Å². The Kier molecular flexibility index (Phi) is 8.89. The summed E-state index contributed by atoms with van der Waals surface area (Å²) in [5.74, 6) is 0. The third-order valence-electron chi connectivity index (χ3n) is 1.21. The van der Waals surface area contributed by atoms with E-state index in [0.717, 1.165) is 5.57 Å². The van der Waals surface area contributed by atoms with Crippen LogP contribution in [-0.4, -0.2) is 0 Å². The average molecular weight is 309 g/mol. The maximum Gasteiger partial charge on any atom is 0.0206 e. The largest absolute Gasteiger partial charge is 1.00 e. The van der Waals surface area contributed by atoms with Crippen LogP contribution in [0.25, 0.3) is 0 Å². The molecular weight excluding hydrogens is 300 g/mol.